The smallest absolute Gasteiger partial charge is 0.252 e. The molecule has 4 rings (SSSR count). The quantitative estimate of drug-likeness (QED) is 0.748. The lowest BCUT2D eigenvalue weighted by Gasteiger charge is -2.55. The fraction of sp³-hybridized carbons (Fsp3) is 0.900. The van der Waals surface area contributed by atoms with Gasteiger partial charge in [0.2, 0.25) is 5.91 Å². The Morgan fingerprint density at radius 3 is 2.42 bits per heavy atom. The third-order valence-electron chi connectivity index (χ3n) is 6.96. The molecule has 3 aliphatic heterocycles. The van der Waals surface area contributed by atoms with Crippen LogP contribution in [0.3, 0.4) is 0 Å². The summed E-state index contributed by atoms with van der Waals surface area (Å²) in [6.07, 6.45) is 7.28. The molecule has 4 fully saturated rings. The van der Waals surface area contributed by atoms with Gasteiger partial charge in [-0.2, -0.15) is 0 Å². The monoisotopic (exact) mass is 363 g/mol. The Labute approximate surface area is 156 Å². The lowest BCUT2D eigenvalue weighted by Crippen LogP contribution is -2.68. The summed E-state index contributed by atoms with van der Waals surface area (Å²) < 4.78 is 5.70. The highest BCUT2D eigenvalue weighted by Gasteiger charge is 2.48. The summed E-state index contributed by atoms with van der Waals surface area (Å²) in [5, 5.41) is 0. The van der Waals surface area contributed by atoms with Crippen molar-refractivity contribution in [3.05, 3.63) is 0 Å². The van der Waals surface area contributed by atoms with E-state index in [0.29, 0.717) is 19.2 Å². The average molecular weight is 364 g/mol. The van der Waals surface area contributed by atoms with Gasteiger partial charge in [-0.3, -0.25) is 9.59 Å². The average Bonchev–Trinajstić information content (AvgIpc) is 3.33. The molecule has 5 atom stereocenters. The van der Waals surface area contributed by atoms with Crippen LogP contribution >= 0.6 is 0 Å². The number of likely N-dealkylation sites (tertiary alicyclic amines) is 1. The van der Waals surface area contributed by atoms with Crippen molar-refractivity contribution in [3.8, 4) is 0 Å². The van der Waals surface area contributed by atoms with Crippen molar-refractivity contribution in [1.29, 1.82) is 0 Å². The minimum absolute atomic E-state index is 0.0856. The number of carbonyl (C=O) groups is 2. The molecule has 3 saturated heterocycles. The molecule has 2 amide bonds. The third-order valence-corrected chi connectivity index (χ3v) is 6.96. The Hall–Kier alpha value is -1.14. The number of fused-ring (bicyclic) bond motifs is 1. The summed E-state index contributed by atoms with van der Waals surface area (Å²) in [5.74, 6) is 0.311. The van der Waals surface area contributed by atoms with E-state index in [9.17, 15) is 9.59 Å². The van der Waals surface area contributed by atoms with Crippen LogP contribution in [0.4, 0.5) is 0 Å². The number of hydrogen-bond donors (Lipinski definition) is 0. The molecule has 0 spiro atoms. The molecule has 0 N–H and O–H groups in total. The van der Waals surface area contributed by atoms with E-state index in [4.69, 9.17) is 4.74 Å². The number of nitrogens with zero attached hydrogens (tertiary/aromatic N) is 3. The van der Waals surface area contributed by atoms with Crippen molar-refractivity contribution < 1.29 is 14.3 Å². The van der Waals surface area contributed by atoms with E-state index >= 15 is 0 Å². The molecule has 0 bridgehead atoms. The van der Waals surface area contributed by atoms with Crippen molar-refractivity contribution in [2.75, 3.05) is 26.2 Å². The Kier molecular flexibility index (Phi) is 5.24. The number of rotatable bonds is 2. The Bertz CT molecular complexity index is 542. The first-order valence-electron chi connectivity index (χ1n) is 10.5. The van der Waals surface area contributed by atoms with Gasteiger partial charge in [-0.25, -0.2) is 0 Å². The summed E-state index contributed by atoms with van der Waals surface area (Å²) in [6.45, 7) is 7.48. The second kappa shape index (κ2) is 7.47. The number of carbonyl (C=O) groups excluding carboxylic acids is 2. The zero-order chi connectivity index (χ0) is 18.3. The van der Waals surface area contributed by atoms with Crippen LogP contribution in [0.15, 0.2) is 0 Å². The summed E-state index contributed by atoms with van der Waals surface area (Å²) in [7, 11) is 0. The van der Waals surface area contributed by atoms with E-state index in [1.165, 1.54) is 25.9 Å². The predicted octanol–water partition coefficient (Wildman–Crippen LogP) is 1.63. The van der Waals surface area contributed by atoms with Crippen LogP contribution in [0.1, 0.15) is 58.8 Å². The van der Waals surface area contributed by atoms with Gasteiger partial charge in [0.05, 0.1) is 12.1 Å². The van der Waals surface area contributed by atoms with Crippen molar-refractivity contribution in [3.63, 3.8) is 0 Å². The molecule has 0 aromatic carbocycles. The van der Waals surface area contributed by atoms with E-state index in [-0.39, 0.29) is 36.0 Å². The molecule has 6 heteroatoms. The molecule has 4 unspecified atom stereocenters. The highest BCUT2D eigenvalue weighted by atomic mass is 16.5. The molecule has 146 valence electrons. The second-order valence-corrected chi connectivity index (χ2v) is 8.61. The summed E-state index contributed by atoms with van der Waals surface area (Å²) in [5.41, 5.74) is 0. The van der Waals surface area contributed by atoms with Gasteiger partial charge in [0, 0.05) is 32.2 Å². The van der Waals surface area contributed by atoms with Gasteiger partial charge in [-0.15, -0.1) is 0 Å². The van der Waals surface area contributed by atoms with Crippen molar-refractivity contribution >= 4 is 11.8 Å². The molecule has 1 saturated carbocycles. The summed E-state index contributed by atoms with van der Waals surface area (Å²) in [6, 6.07) is 0.954. The van der Waals surface area contributed by atoms with Gasteiger partial charge < -0.3 is 19.4 Å². The molecule has 26 heavy (non-hydrogen) atoms. The summed E-state index contributed by atoms with van der Waals surface area (Å²) in [4.78, 5) is 32.3. The molecule has 0 radical (unpaired) electrons. The van der Waals surface area contributed by atoms with E-state index in [0.717, 1.165) is 32.1 Å². The van der Waals surface area contributed by atoms with Gasteiger partial charge in [0.1, 0.15) is 6.10 Å². The van der Waals surface area contributed by atoms with Crippen LogP contribution < -0.4 is 0 Å². The number of amides is 2. The maximum absolute atomic E-state index is 13.2. The second-order valence-electron chi connectivity index (χ2n) is 8.61. The standard InChI is InChI=1S/C20H33N3O3/c1-14-13-22(20(25)19-6-5-11-26-19)18-12-16(21-9-3-4-10-21)7-8-17(18)23(14)15(2)24/h14,16-19H,3-13H2,1-2H3/t14-,16?,17?,18?,19?/m0/s1. The third kappa shape index (κ3) is 3.26. The van der Waals surface area contributed by atoms with Crippen molar-refractivity contribution in [2.45, 2.75) is 89.1 Å². The zero-order valence-electron chi connectivity index (χ0n) is 16.2. The molecular formula is C20H33N3O3. The molecular weight excluding hydrogens is 330 g/mol. The fourth-order valence-corrected chi connectivity index (χ4v) is 5.80. The zero-order valence-corrected chi connectivity index (χ0v) is 16.2. The first-order chi connectivity index (χ1) is 12.6. The van der Waals surface area contributed by atoms with Crippen LogP contribution in [0.2, 0.25) is 0 Å². The Morgan fingerprint density at radius 2 is 1.77 bits per heavy atom. The van der Waals surface area contributed by atoms with Crippen LogP contribution in [0, 0.1) is 0 Å². The van der Waals surface area contributed by atoms with Crippen LogP contribution in [-0.2, 0) is 14.3 Å². The van der Waals surface area contributed by atoms with Gasteiger partial charge >= 0.3 is 0 Å². The Balaban J connectivity index is 1.56. The molecule has 6 nitrogen and oxygen atoms in total. The van der Waals surface area contributed by atoms with Gasteiger partial charge in [-0.1, -0.05) is 0 Å². The van der Waals surface area contributed by atoms with E-state index in [1.54, 1.807) is 6.92 Å². The maximum atomic E-state index is 13.2. The first-order valence-corrected chi connectivity index (χ1v) is 10.5. The van der Waals surface area contributed by atoms with E-state index in [1.807, 2.05) is 0 Å². The number of ether oxygens (including phenoxy) is 1. The minimum Gasteiger partial charge on any atom is -0.368 e. The van der Waals surface area contributed by atoms with Gasteiger partial charge in [0.25, 0.3) is 5.91 Å². The number of hydrogen-bond acceptors (Lipinski definition) is 4. The summed E-state index contributed by atoms with van der Waals surface area (Å²) >= 11 is 0. The highest BCUT2D eigenvalue weighted by Crippen LogP contribution is 2.36. The molecule has 1 aliphatic carbocycles. The number of piperazine rings is 1. The fourth-order valence-electron chi connectivity index (χ4n) is 5.80. The van der Waals surface area contributed by atoms with Crippen LogP contribution in [0.25, 0.3) is 0 Å². The van der Waals surface area contributed by atoms with E-state index < -0.39 is 0 Å². The van der Waals surface area contributed by atoms with E-state index in [2.05, 4.69) is 21.6 Å². The van der Waals surface area contributed by atoms with Crippen LogP contribution in [0.5, 0.6) is 0 Å². The van der Waals surface area contributed by atoms with Crippen molar-refractivity contribution in [2.24, 2.45) is 0 Å². The molecule has 0 aromatic heterocycles. The van der Waals surface area contributed by atoms with Crippen LogP contribution in [-0.4, -0.2) is 83.0 Å². The first kappa shape index (κ1) is 18.2. The SMILES string of the molecule is CC(=O)N1C2CCC(N3CCCC3)CC2N(C(=O)C2CCCO2)C[C@@H]1C. The molecule has 0 aromatic rings. The maximum Gasteiger partial charge on any atom is 0.252 e. The Morgan fingerprint density at radius 1 is 1.00 bits per heavy atom. The lowest BCUT2D eigenvalue weighted by atomic mass is 9.81. The molecule has 4 aliphatic rings. The highest BCUT2D eigenvalue weighted by molar-refractivity contribution is 5.82. The van der Waals surface area contributed by atoms with Gasteiger partial charge in [0.15, 0.2) is 0 Å². The minimum atomic E-state index is -0.265. The lowest BCUT2D eigenvalue weighted by molar-refractivity contribution is -0.160. The van der Waals surface area contributed by atoms with Crippen molar-refractivity contribution in [1.82, 2.24) is 14.7 Å². The largest absolute Gasteiger partial charge is 0.368 e. The normalized spacial score (nSPS) is 38.5. The predicted molar refractivity (Wildman–Crippen MR) is 98.7 cm³/mol. The van der Waals surface area contributed by atoms with Gasteiger partial charge in [-0.05, 0) is 65.0 Å². The molecule has 3 heterocycles. The topological polar surface area (TPSA) is 53.1 Å².